The minimum Gasteiger partial charge on any atom is -0.347 e. The number of H-pyrrole nitrogens is 1. The van der Waals surface area contributed by atoms with Gasteiger partial charge in [0.1, 0.15) is 9.56 Å². The monoisotopic (exact) mass is 530 g/mol. The molecule has 0 fully saturated rings. The zero-order valence-corrected chi connectivity index (χ0v) is 21.1. The summed E-state index contributed by atoms with van der Waals surface area (Å²) in [5, 5.41) is 10.1. The van der Waals surface area contributed by atoms with Crippen LogP contribution < -0.4 is 29.1 Å². The highest BCUT2D eigenvalue weighted by Gasteiger charge is 2.29. The first-order chi connectivity index (χ1) is 17.5. The maximum Gasteiger partial charge on any atom is 0.416 e. The summed E-state index contributed by atoms with van der Waals surface area (Å²) in [6.07, 6.45) is -2.91. The van der Waals surface area contributed by atoms with Crippen LogP contribution in [0, 0.1) is 0 Å². The van der Waals surface area contributed by atoms with Crippen LogP contribution in [-0.4, -0.2) is 48.2 Å². The molecule has 4 rings (SSSR count). The number of hydrogen-bond donors (Lipinski definition) is 2. The van der Waals surface area contributed by atoms with Gasteiger partial charge in [-0.1, -0.05) is 17.2 Å². The molecule has 0 amide bonds. The average Bonchev–Trinajstić information content (AvgIpc) is 3.18. The van der Waals surface area contributed by atoms with Gasteiger partial charge in [-0.05, 0) is 48.0 Å². The van der Waals surface area contributed by atoms with Crippen molar-refractivity contribution in [1.82, 2.24) is 20.1 Å². The molecule has 0 spiro atoms. The van der Waals surface area contributed by atoms with E-state index in [9.17, 15) is 18.0 Å². The molecule has 10 nitrogen and oxygen atoms in total. The second kappa shape index (κ2) is 10.3. The van der Waals surface area contributed by atoms with Crippen molar-refractivity contribution in [1.29, 1.82) is 0 Å². The number of aromatic nitrogens is 5. The van der Waals surface area contributed by atoms with Crippen LogP contribution in [0.2, 0.25) is 0 Å². The van der Waals surface area contributed by atoms with Gasteiger partial charge in [0.05, 0.1) is 5.56 Å². The number of hydrogen-bond acceptors (Lipinski definition) is 9. The topological polar surface area (TPSA) is 108 Å². The number of alkyl halides is 3. The molecule has 0 bridgehead atoms. The van der Waals surface area contributed by atoms with Crippen molar-refractivity contribution in [2.24, 2.45) is 5.11 Å². The fraction of sp³-hybridized carbons (Fsp3) is 0.217. The van der Waals surface area contributed by atoms with Gasteiger partial charge < -0.3 is 15.1 Å². The summed E-state index contributed by atoms with van der Waals surface area (Å²) in [6, 6.07) is 11.6. The Balaban J connectivity index is 1.54. The Kier molecular flexibility index (Phi) is 7.20. The van der Waals surface area contributed by atoms with E-state index in [1.165, 1.54) is 22.1 Å². The SMILES string of the molecule is CN(C)c1nc(Nc2ccc(N=[n+]3[nH]c(=O)/c(=C/c4ccc(C(F)(F)F)cc4)s3)cc2)nc(N(C)C)n1. The molecule has 0 atom stereocenters. The van der Waals surface area contributed by atoms with E-state index < -0.39 is 17.3 Å². The third-order valence-electron chi connectivity index (χ3n) is 4.88. The van der Waals surface area contributed by atoms with Crippen molar-refractivity contribution in [3.05, 3.63) is 74.5 Å². The second-order valence-corrected chi connectivity index (χ2v) is 9.22. The van der Waals surface area contributed by atoms with Gasteiger partial charge in [-0.3, -0.25) is 4.79 Å². The van der Waals surface area contributed by atoms with Crippen LogP contribution in [0.4, 0.5) is 42.4 Å². The van der Waals surface area contributed by atoms with E-state index in [-0.39, 0.29) is 0 Å². The smallest absolute Gasteiger partial charge is 0.347 e. The molecule has 2 N–H and O–H groups in total. The Morgan fingerprint density at radius 2 is 1.54 bits per heavy atom. The molecular weight excluding hydrogens is 507 g/mol. The number of nitrogens with zero attached hydrogens (tertiary/aromatic N) is 7. The molecule has 0 saturated carbocycles. The van der Waals surface area contributed by atoms with E-state index >= 15 is 0 Å². The van der Waals surface area contributed by atoms with Gasteiger partial charge in [-0.2, -0.15) is 28.1 Å². The summed E-state index contributed by atoms with van der Waals surface area (Å²) in [7, 11) is 7.37. The average molecular weight is 531 g/mol. The number of nitrogens with one attached hydrogen (secondary N) is 2. The molecule has 14 heteroatoms. The van der Waals surface area contributed by atoms with Gasteiger partial charge in [-0.25, -0.2) is 0 Å². The first kappa shape index (κ1) is 25.8. The van der Waals surface area contributed by atoms with E-state index in [1.807, 2.05) is 28.2 Å². The summed E-state index contributed by atoms with van der Waals surface area (Å²) in [5.74, 6) is 1.40. The van der Waals surface area contributed by atoms with Gasteiger partial charge >= 0.3 is 11.7 Å². The zero-order chi connectivity index (χ0) is 26.7. The lowest BCUT2D eigenvalue weighted by atomic mass is 10.1. The molecule has 0 aliphatic carbocycles. The van der Waals surface area contributed by atoms with Crippen LogP contribution in [0.3, 0.4) is 0 Å². The molecular formula is C23H23F3N9OS+. The van der Waals surface area contributed by atoms with Crippen molar-refractivity contribution in [3.8, 4) is 0 Å². The predicted octanol–water partition coefficient (Wildman–Crippen LogP) is 3.00. The fourth-order valence-electron chi connectivity index (χ4n) is 3.01. The molecule has 0 unspecified atom stereocenters. The van der Waals surface area contributed by atoms with Crippen LogP contribution in [0.25, 0.3) is 6.08 Å². The molecule has 37 heavy (non-hydrogen) atoms. The highest BCUT2D eigenvalue weighted by molar-refractivity contribution is 6.99. The van der Waals surface area contributed by atoms with Gasteiger partial charge in [-0.15, -0.1) is 0 Å². The lowest BCUT2D eigenvalue weighted by molar-refractivity contribution is -0.537. The fourth-order valence-corrected chi connectivity index (χ4v) is 3.78. The molecule has 0 radical (unpaired) electrons. The van der Waals surface area contributed by atoms with E-state index in [1.54, 1.807) is 34.1 Å². The minimum absolute atomic E-state index is 0.296. The zero-order valence-electron chi connectivity index (χ0n) is 20.3. The third-order valence-corrected chi connectivity index (χ3v) is 5.73. The summed E-state index contributed by atoms with van der Waals surface area (Å²) in [5.41, 5.74) is 0.596. The van der Waals surface area contributed by atoms with Gasteiger partial charge in [0.15, 0.2) is 4.53 Å². The third kappa shape index (κ3) is 6.46. The summed E-state index contributed by atoms with van der Waals surface area (Å²) >= 11 is 1.03. The normalized spacial score (nSPS) is 12.6. The van der Waals surface area contributed by atoms with Crippen molar-refractivity contribution in [2.45, 2.75) is 6.18 Å². The summed E-state index contributed by atoms with van der Waals surface area (Å²) < 4.78 is 39.8. The lowest BCUT2D eigenvalue weighted by Crippen LogP contribution is -2.22. The predicted molar refractivity (Wildman–Crippen MR) is 135 cm³/mol. The molecule has 0 aliphatic heterocycles. The Labute approximate surface area is 213 Å². The first-order valence-corrected chi connectivity index (χ1v) is 11.6. The molecule has 0 saturated heterocycles. The maximum absolute atomic E-state index is 12.7. The summed E-state index contributed by atoms with van der Waals surface area (Å²) in [4.78, 5) is 29.1. The van der Waals surface area contributed by atoms with Crippen molar-refractivity contribution < 1.29 is 17.0 Å². The van der Waals surface area contributed by atoms with Crippen LogP contribution in [0.15, 0.2) is 58.4 Å². The summed E-state index contributed by atoms with van der Waals surface area (Å²) in [6.45, 7) is 0. The number of aromatic amines is 1. The Morgan fingerprint density at radius 1 is 0.946 bits per heavy atom. The highest BCUT2D eigenvalue weighted by Crippen LogP contribution is 2.29. The van der Waals surface area contributed by atoms with Gasteiger partial charge in [0, 0.05) is 39.0 Å². The first-order valence-electron chi connectivity index (χ1n) is 10.9. The van der Waals surface area contributed by atoms with Crippen LogP contribution in [0.1, 0.15) is 11.1 Å². The minimum atomic E-state index is -4.42. The molecule has 4 aromatic rings. The van der Waals surface area contributed by atoms with E-state index in [0.29, 0.717) is 33.6 Å². The van der Waals surface area contributed by atoms with E-state index in [2.05, 4.69) is 30.5 Å². The number of anilines is 4. The highest BCUT2D eigenvalue weighted by atomic mass is 32.1. The molecule has 2 heterocycles. The van der Waals surface area contributed by atoms with Crippen LogP contribution in [-0.2, 0) is 6.18 Å². The van der Waals surface area contributed by atoms with Crippen molar-refractivity contribution >= 4 is 46.8 Å². The standard InChI is InChI=1S/C23H22F3N9OS/c1-33(2)21-28-20(29-22(30-21)34(3)4)27-16-9-11-17(12-10-16)31-35-32-19(36)18(37-35)13-14-5-7-15(8-6-14)23(24,25)26/h5-13H,1-4H3,(H,32,36)/p+1/b18-13-. The molecule has 2 aromatic heterocycles. The van der Waals surface area contributed by atoms with E-state index in [4.69, 9.17) is 0 Å². The van der Waals surface area contributed by atoms with Gasteiger partial charge in [0.25, 0.3) is 0 Å². The Morgan fingerprint density at radius 3 is 2.08 bits per heavy atom. The number of benzene rings is 2. The van der Waals surface area contributed by atoms with Crippen LogP contribution in [0.5, 0.6) is 0 Å². The van der Waals surface area contributed by atoms with Crippen molar-refractivity contribution in [3.63, 3.8) is 0 Å². The largest absolute Gasteiger partial charge is 0.416 e. The Bertz CT molecular complexity index is 1540. The number of rotatable bonds is 6. The van der Waals surface area contributed by atoms with E-state index in [0.717, 1.165) is 29.4 Å². The quantitative estimate of drug-likeness (QED) is 0.369. The van der Waals surface area contributed by atoms with Crippen molar-refractivity contribution in [2.75, 3.05) is 43.3 Å². The maximum atomic E-state index is 12.7. The number of halogens is 3. The molecule has 192 valence electrons. The second-order valence-electron chi connectivity index (χ2n) is 8.25. The molecule has 0 aliphatic rings. The van der Waals surface area contributed by atoms with Crippen LogP contribution >= 0.6 is 11.5 Å². The molecule has 2 aromatic carbocycles. The lowest BCUT2D eigenvalue weighted by Gasteiger charge is -2.16. The Hall–Kier alpha value is -4.33. The van der Waals surface area contributed by atoms with Gasteiger partial charge in [0.2, 0.25) is 29.4 Å².